The van der Waals surface area contributed by atoms with Gasteiger partial charge in [-0.05, 0) is 24.6 Å². The lowest BCUT2D eigenvalue weighted by Gasteiger charge is -2.15. The highest BCUT2D eigenvalue weighted by Crippen LogP contribution is 2.29. The maximum Gasteiger partial charge on any atom is 0.152 e. The Kier molecular flexibility index (Phi) is 2.82. The maximum absolute atomic E-state index is 11.5. The van der Waals surface area contributed by atoms with E-state index in [1.807, 2.05) is 18.2 Å². The van der Waals surface area contributed by atoms with Crippen molar-refractivity contribution in [2.75, 3.05) is 22.6 Å². The summed E-state index contributed by atoms with van der Waals surface area (Å²) in [6, 6.07) is 5.57. The molecular weight excluding hydrogens is 262 g/mol. The Morgan fingerprint density at radius 1 is 1.26 bits per heavy atom. The van der Waals surface area contributed by atoms with E-state index in [2.05, 4.69) is 10.3 Å². The minimum absolute atomic E-state index is 0.0232. The lowest BCUT2D eigenvalue weighted by atomic mass is 10.1. The van der Waals surface area contributed by atoms with Crippen molar-refractivity contribution in [1.29, 1.82) is 0 Å². The molecule has 19 heavy (non-hydrogen) atoms. The van der Waals surface area contributed by atoms with E-state index in [0.717, 1.165) is 16.5 Å². The molecule has 2 aromatic rings. The average molecular weight is 277 g/mol. The molecule has 0 bridgehead atoms. The van der Waals surface area contributed by atoms with Gasteiger partial charge < -0.3 is 11.1 Å². The molecule has 6 heteroatoms. The molecule has 1 saturated heterocycles. The van der Waals surface area contributed by atoms with Crippen LogP contribution in [0.15, 0.2) is 30.6 Å². The van der Waals surface area contributed by atoms with Crippen molar-refractivity contribution in [2.24, 2.45) is 0 Å². The number of hydrogen-bond acceptors (Lipinski definition) is 5. The van der Waals surface area contributed by atoms with Crippen LogP contribution in [-0.2, 0) is 9.84 Å². The van der Waals surface area contributed by atoms with E-state index in [4.69, 9.17) is 5.73 Å². The molecule has 0 radical (unpaired) electrons. The van der Waals surface area contributed by atoms with Gasteiger partial charge in [-0.3, -0.25) is 4.98 Å². The molecule has 0 aliphatic carbocycles. The molecule has 100 valence electrons. The highest BCUT2D eigenvalue weighted by atomic mass is 32.2. The first-order valence-electron chi connectivity index (χ1n) is 6.14. The standard InChI is InChI=1S/C13H15N3O2S/c14-12-1-2-13(10-3-5-15-7-11(10)12)16-9-4-6-19(17,18)8-9/h1-3,5,7,9,16H,4,6,8,14H2. The van der Waals surface area contributed by atoms with Crippen molar-refractivity contribution in [3.63, 3.8) is 0 Å². The van der Waals surface area contributed by atoms with Gasteiger partial charge in [0, 0.05) is 40.6 Å². The summed E-state index contributed by atoms with van der Waals surface area (Å²) >= 11 is 0. The van der Waals surface area contributed by atoms with E-state index in [9.17, 15) is 8.42 Å². The van der Waals surface area contributed by atoms with Gasteiger partial charge in [0.1, 0.15) is 0 Å². The summed E-state index contributed by atoms with van der Waals surface area (Å²) in [7, 11) is -2.88. The van der Waals surface area contributed by atoms with Gasteiger partial charge in [0.15, 0.2) is 9.84 Å². The van der Waals surface area contributed by atoms with Crippen LogP contribution in [0.4, 0.5) is 11.4 Å². The fourth-order valence-electron chi connectivity index (χ4n) is 2.47. The molecule has 3 N–H and O–H groups in total. The van der Waals surface area contributed by atoms with Crippen LogP contribution in [-0.4, -0.2) is 30.9 Å². The summed E-state index contributed by atoms with van der Waals surface area (Å²) in [5.74, 6) is 0.461. The Morgan fingerprint density at radius 3 is 2.84 bits per heavy atom. The fourth-order valence-corrected chi connectivity index (χ4v) is 4.14. The molecule has 0 spiro atoms. The van der Waals surface area contributed by atoms with Crippen molar-refractivity contribution in [1.82, 2.24) is 4.98 Å². The molecule has 1 aromatic carbocycles. The van der Waals surface area contributed by atoms with Crippen molar-refractivity contribution in [3.8, 4) is 0 Å². The molecule has 1 fully saturated rings. The number of nitrogen functional groups attached to an aromatic ring is 1. The minimum atomic E-state index is -2.88. The van der Waals surface area contributed by atoms with Gasteiger partial charge in [-0.2, -0.15) is 0 Å². The van der Waals surface area contributed by atoms with Crippen LogP contribution in [0.3, 0.4) is 0 Å². The topological polar surface area (TPSA) is 85.1 Å². The van der Waals surface area contributed by atoms with Gasteiger partial charge in [-0.15, -0.1) is 0 Å². The zero-order valence-electron chi connectivity index (χ0n) is 10.3. The molecule has 1 aromatic heterocycles. The number of rotatable bonds is 2. The summed E-state index contributed by atoms with van der Waals surface area (Å²) in [6.07, 6.45) is 4.08. The highest BCUT2D eigenvalue weighted by Gasteiger charge is 2.27. The Morgan fingerprint density at radius 2 is 2.11 bits per heavy atom. The number of anilines is 2. The smallest absolute Gasteiger partial charge is 0.152 e. The number of nitrogens with one attached hydrogen (secondary N) is 1. The number of benzene rings is 1. The van der Waals surface area contributed by atoms with Gasteiger partial charge in [0.25, 0.3) is 0 Å². The molecule has 0 saturated carbocycles. The summed E-state index contributed by atoms with van der Waals surface area (Å²) in [5.41, 5.74) is 7.50. The average Bonchev–Trinajstić information content (AvgIpc) is 2.73. The number of pyridine rings is 1. The van der Waals surface area contributed by atoms with Crippen LogP contribution in [0.5, 0.6) is 0 Å². The van der Waals surface area contributed by atoms with Gasteiger partial charge in [-0.1, -0.05) is 0 Å². The molecule has 3 rings (SSSR count). The van der Waals surface area contributed by atoms with Gasteiger partial charge in [-0.25, -0.2) is 8.42 Å². The number of nitrogens with two attached hydrogens (primary N) is 1. The van der Waals surface area contributed by atoms with Crippen molar-refractivity contribution >= 4 is 32.0 Å². The van der Waals surface area contributed by atoms with Crippen LogP contribution in [0.25, 0.3) is 10.8 Å². The number of aromatic nitrogens is 1. The van der Waals surface area contributed by atoms with E-state index in [1.54, 1.807) is 12.4 Å². The van der Waals surface area contributed by atoms with Crippen LogP contribution < -0.4 is 11.1 Å². The van der Waals surface area contributed by atoms with Crippen LogP contribution in [0.1, 0.15) is 6.42 Å². The molecule has 1 aliphatic rings. The second kappa shape index (κ2) is 4.38. The predicted molar refractivity (Wildman–Crippen MR) is 76.8 cm³/mol. The zero-order chi connectivity index (χ0) is 13.5. The molecular formula is C13H15N3O2S. The Balaban J connectivity index is 1.96. The summed E-state index contributed by atoms with van der Waals surface area (Å²) in [5, 5.41) is 5.16. The summed E-state index contributed by atoms with van der Waals surface area (Å²) < 4.78 is 23.0. The molecule has 1 atom stereocenters. The fraction of sp³-hybridized carbons (Fsp3) is 0.308. The number of hydrogen-bond donors (Lipinski definition) is 2. The van der Waals surface area contributed by atoms with Crippen molar-refractivity contribution in [3.05, 3.63) is 30.6 Å². The monoisotopic (exact) mass is 277 g/mol. The van der Waals surface area contributed by atoms with Crippen molar-refractivity contribution in [2.45, 2.75) is 12.5 Å². The molecule has 2 heterocycles. The lowest BCUT2D eigenvalue weighted by Crippen LogP contribution is -2.20. The van der Waals surface area contributed by atoms with E-state index >= 15 is 0 Å². The third kappa shape index (κ3) is 2.35. The SMILES string of the molecule is Nc1ccc(NC2CCS(=O)(=O)C2)c2ccncc12. The zero-order valence-corrected chi connectivity index (χ0v) is 11.2. The third-order valence-electron chi connectivity index (χ3n) is 3.44. The summed E-state index contributed by atoms with van der Waals surface area (Å²) in [6.45, 7) is 0. The molecule has 1 unspecified atom stereocenters. The van der Waals surface area contributed by atoms with Crippen LogP contribution in [0.2, 0.25) is 0 Å². The first-order chi connectivity index (χ1) is 9.05. The summed E-state index contributed by atoms with van der Waals surface area (Å²) in [4.78, 5) is 4.07. The number of nitrogens with zero attached hydrogens (tertiary/aromatic N) is 1. The molecule has 5 nitrogen and oxygen atoms in total. The maximum atomic E-state index is 11.5. The number of fused-ring (bicyclic) bond motifs is 1. The first-order valence-corrected chi connectivity index (χ1v) is 7.96. The second-order valence-electron chi connectivity index (χ2n) is 4.87. The van der Waals surface area contributed by atoms with Crippen LogP contribution >= 0.6 is 0 Å². The lowest BCUT2D eigenvalue weighted by molar-refractivity contribution is 0.602. The van der Waals surface area contributed by atoms with Crippen molar-refractivity contribution < 1.29 is 8.42 Å². The normalized spacial score (nSPS) is 21.6. The van der Waals surface area contributed by atoms with E-state index in [-0.39, 0.29) is 17.5 Å². The van der Waals surface area contributed by atoms with E-state index < -0.39 is 9.84 Å². The quantitative estimate of drug-likeness (QED) is 0.811. The number of sulfone groups is 1. The van der Waals surface area contributed by atoms with Gasteiger partial charge in [0.2, 0.25) is 0 Å². The highest BCUT2D eigenvalue weighted by molar-refractivity contribution is 7.91. The predicted octanol–water partition coefficient (Wildman–Crippen LogP) is 1.42. The third-order valence-corrected chi connectivity index (χ3v) is 5.21. The van der Waals surface area contributed by atoms with Gasteiger partial charge >= 0.3 is 0 Å². The Bertz CT molecular complexity index is 728. The molecule has 1 aliphatic heterocycles. The van der Waals surface area contributed by atoms with E-state index in [1.165, 1.54) is 0 Å². The largest absolute Gasteiger partial charge is 0.398 e. The second-order valence-corrected chi connectivity index (χ2v) is 7.10. The van der Waals surface area contributed by atoms with Gasteiger partial charge in [0.05, 0.1) is 11.5 Å². The first kappa shape index (κ1) is 12.2. The molecule has 0 amide bonds. The minimum Gasteiger partial charge on any atom is -0.398 e. The Hall–Kier alpha value is -1.82. The van der Waals surface area contributed by atoms with E-state index in [0.29, 0.717) is 12.1 Å². The van der Waals surface area contributed by atoms with Crippen LogP contribution in [0, 0.1) is 0 Å². The Labute approximate surface area is 111 Å².